The van der Waals surface area contributed by atoms with Crippen molar-refractivity contribution in [3.63, 3.8) is 0 Å². The number of allylic oxidation sites excluding steroid dienone is 1. The lowest BCUT2D eigenvalue weighted by atomic mass is 10.1. The van der Waals surface area contributed by atoms with Gasteiger partial charge in [0.25, 0.3) is 0 Å². The quantitative estimate of drug-likeness (QED) is 0.180. The van der Waals surface area contributed by atoms with Crippen LogP contribution in [0.2, 0.25) is 0 Å². The summed E-state index contributed by atoms with van der Waals surface area (Å²) < 4.78 is 64.1. The Morgan fingerprint density at radius 3 is 2.27 bits per heavy atom. The number of halogens is 4. The molecule has 33 heavy (non-hydrogen) atoms. The lowest BCUT2D eigenvalue weighted by molar-refractivity contribution is 0.104. The molecule has 4 nitrogen and oxygen atoms in total. The van der Waals surface area contributed by atoms with E-state index < -0.39 is 35.6 Å². The van der Waals surface area contributed by atoms with Crippen LogP contribution >= 0.6 is 0 Å². The number of carbonyl (C=O) groups excluding carboxylic acids is 1. The van der Waals surface area contributed by atoms with E-state index in [1.54, 1.807) is 12.1 Å². The number of ketones is 1. The van der Waals surface area contributed by atoms with Gasteiger partial charge in [-0.15, -0.1) is 0 Å². The number of carbonyl (C=O) groups is 1. The average Bonchev–Trinajstić information content (AvgIpc) is 3.30. The third kappa shape index (κ3) is 5.27. The highest BCUT2D eigenvalue weighted by Gasteiger charge is 2.21. The van der Waals surface area contributed by atoms with Gasteiger partial charge in [0.1, 0.15) is 18.1 Å². The molecule has 0 atom stereocenters. The Morgan fingerprint density at radius 1 is 0.939 bits per heavy atom. The van der Waals surface area contributed by atoms with Crippen LogP contribution in [-0.4, -0.2) is 18.9 Å². The van der Waals surface area contributed by atoms with Gasteiger partial charge in [0.2, 0.25) is 11.6 Å². The van der Waals surface area contributed by atoms with Gasteiger partial charge in [0, 0.05) is 30.4 Å². The van der Waals surface area contributed by atoms with Crippen molar-refractivity contribution in [2.24, 2.45) is 0 Å². The van der Waals surface area contributed by atoms with E-state index in [9.17, 15) is 22.4 Å². The number of rotatable bonds is 7. The van der Waals surface area contributed by atoms with Crippen molar-refractivity contribution in [1.29, 1.82) is 0 Å². The largest absolute Gasteiger partial charge is 0.479 e. The monoisotopic (exact) mass is 459 g/mol. The maximum absolute atomic E-state index is 13.7. The Kier molecular flexibility index (Phi) is 6.82. The molecule has 4 rings (SSSR count). The van der Waals surface area contributed by atoms with Crippen LogP contribution in [-0.2, 0) is 6.61 Å². The number of hydrogen-bond acceptors (Lipinski definition) is 4. The number of piperidine rings is 1. The lowest BCUT2D eigenvalue weighted by Gasteiger charge is -2.28. The predicted octanol–water partition coefficient (Wildman–Crippen LogP) is 6.30. The minimum Gasteiger partial charge on any atom is -0.479 e. The summed E-state index contributed by atoms with van der Waals surface area (Å²) in [6, 6.07) is 10.5. The van der Waals surface area contributed by atoms with Gasteiger partial charge >= 0.3 is 0 Å². The Hall–Kier alpha value is -3.55. The van der Waals surface area contributed by atoms with Crippen LogP contribution in [0.5, 0.6) is 5.75 Å². The van der Waals surface area contributed by atoms with Crippen LogP contribution in [0.1, 0.15) is 41.1 Å². The Bertz CT molecular complexity index is 1140. The fourth-order valence-corrected chi connectivity index (χ4v) is 3.63. The zero-order chi connectivity index (χ0) is 23.4. The zero-order valence-electron chi connectivity index (χ0n) is 17.6. The van der Waals surface area contributed by atoms with Crippen molar-refractivity contribution in [3.8, 4) is 5.75 Å². The zero-order valence-corrected chi connectivity index (χ0v) is 17.6. The lowest BCUT2D eigenvalue weighted by Crippen LogP contribution is -2.29. The first-order chi connectivity index (χ1) is 15.9. The van der Waals surface area contributed by atoms with E-state index in [4.69, 9.17) is 9.15 Å². The number of ether oxygens (including phenoxy) is 1. The van der Waals surface area contributed by atoms with Crippen molar-refractivity contribution in [1.82, 2.24) is 0 Å². The predicted molar refractivity (Wildman–Crippen MR) is 115 cm³/mol. The normalized spacial score (nSPS) is 14.1. The van der Waals surface area contributed by atoms with E-state index in [2.05, 4.69) is 4.90 Å². The first-order valence-corrected chi connectivity index (χ1v) is 10.5. The van der Waals surface area contributed by atoms with Crippen LogP contribution in [0.15, 0.2) is 53.0 Å². The van der Waals surface area contributed by atoms with Crippen LogP contribution in [0, 0.1) is 23.3 Å². The van der Waals surface area contributed by atoms with Gasteiger partial charge in [-0.25, -0.2) is 8.78 Å². The minimum atomic E-state index is -1.63. The standard InChI is InChI=1S/C25H21F4NO3/c26-20-14-21(27)24(29)25(23(20)28)32-15-19-9-8-18(33-19)10-11-22(31)16-4-6-17(7-5-16)30-12-2-1-3-13-30/h4-11,14H,1-3,12-13,15H2/b11-10+. The smallest absolute Gasteiger partial charge is 0.203 e. The summed E-state index contributed by atoms with van der Waals surface area (Å²) in [4.78, 5) is 14.7. The van der Waals surface area contributed by atoms with Gasteiger partial charge in [-0.1, -0.05) is 0 Å². The summed E-state index contributed by atoms with van der Waals surface area (Å²) in [5, 5.41) is 0. The molecule has 1 aromatic heterocycles. The number of nitrogens with zero attached hydrogens (tertiary/aromatic N) is 1. The summed E-state index contributed by atoms with van der Waals surface area (Å²) in [7, 11) is 0. The highest BCUT2D eigenvalue weighted by molar-refractivity contribution is 6.06. The molecule has 2 aromatic carbocycles. The molecule has 0 bridgehead atoms. The fourth-order valence-electron chi connectivity index (χ4n) is 3.63. The van der Waals surface area contributed by atoms with E-state index in [1.807, 2.05) is 12.1 Å². The van der Waals surface area contributed by atoms with Gasteiger partial charge in [-0.2, -0.15) is 8.78 Å². The van der Waals surface area contributed by atoms with Gasteiger partial charge in [-0.05, 0) is 67.8 Å². The topological polar surface area (TPSA) is 42.7 Å². The van der Waals surface area contributed by atoms with E-state index in [0.29, 0.717) is 11.3 Å². The summed E-state index contributed by atoms with van der Waals surface area (Å²) in [5.74, 6) is -7.30. The molecule has 8 heteroatoms. The molecular formula is C25H21F4NO3. The first-order valence-electron chi connectivity index (χ1n) is 10.5. The molecule has 0 saturated carbocycles. The second kappa shape index (κ2) is 9.94. The summed E-state index contributed by atoms with van der Waals surface area (Å²) in [6.45, 7) is 1.58. The highest BCUT2D eigenvalue weighted by Crippen LogP contribution is 2.27. The van der Waals surface area contributed by atoms with Gasteiger partial charge in [0.15, 0.2) is 23.2 Å². The van der Waals surface area contributed by atoms with Crippen molar-refractivity contribution in [3.05, 3.63) is 88.9 Å². The first kappa shape index (κ1) is 22.6. The molecule has 0 radical (unpaired) electrons. The third-order valence-electron chi connectivity index (χ3n) is 5.38. The van der Waals surface area contributed by atoms with Crippen LogP contribution in [0.25, 0.3) is 6.08 Å². The van der Waals surface area contributed by atoms with E-state index >= 15 is 0 Å². The van der Waals surface area contributed by atoms with Crippen molar-refractivity contribution < 1.29 is 31.5 Å². The second-order valence-electron chi connectivity index (χ2n) is 7.68. The van der Waals surface area contributed by atoms with Crippen molar-refractivity contribution >= 4 is 17.5 Å². The molecule has 172 valence electrons. The molecule has 1 aliphatic heterocycles. The van der Waals surface area contributed by atoms with Gasteiger partial charge in [0.05, 0.1) is 0 Å². The molecule has 0 N–H and O–H groups in total. The molecule has 0 amide bonds. The van der Waals surface area contributed by atoms with Crippen LogP contribution in [0.4, 0.5) is 23.2 Å². The SMILES string of the molecule is O=C(/C=C/c1ccc(COc2c(F)c(F)cc(F)c2F)o1)c1ccc(N2CCCCC2)cc1. The Morgan fingerprint density at radius 2 is 1.61 bits per heavy atom. The van der Waals surface area contributed by atoms with Gasteiger partial charge in [-0.3, -0.25) is 4.79 Å². The number of anilines is 1. The number of furan rings is 1. The molecule has 3 aromatic rings. The summed E-state index contributed by atoms with van der Waals surface area (Å²) in [5.41, 5.74) is 1.62. The molecule has 2 heterocycles. The summed E-state index contributed by atoms with van der Waals surface area (Å²) in [6.07, 6.45) is 6.38. The number of hydrogen-bond donors (Lipinski definition) is 0. The Balaban J connectivity index is 1.36. The van der Waals surface area contributed by atoms with E-state index in [-0.39, 0.29) is 17.6 Å². The maximum atomic E-state index is 13.7. The molecule has 1 saturated heterocycles. The molecule has 0 aliphatic carbocycles. The van der Waals surface area contributed by atoms with Crippen molar-refractivity contribution in [2.75, 3.05) is 18.0 Å². The Labute approximate surface area is 188 Å². The van der Waals surface area contributed by atoms with Gasteiger partial charge < -0.3 is 14.1 Å². The highest BCUT2D eigenvalue weighted by atomic mass is 19.2. The van der Waals surface area contributed by atoms with Crippen LogP contribution in [0.3, 0.4) is 0 Å². The average molecular weight is 459 g/mol. The molecule has 0 unspecified atom stereocenters. The van der Waals surface area contributed by atoms with Crippen LogP contribution < -0.4 is 9.64 Å². The molecular weight excluding hydrogens is 438 g/mol. The van der Waals surface area contributed by atoms with E-state index in [1.165, 1.54) is 43.5 Å². The van der Waals surface area contributed by atoms with E-state index in [0.717, 1.165) is 18.8 Å². The number of benzene rings is 2. The maximum Gasteiger partial charge on any atom is 0.203 e. The molecule has 1 aliphatic rings. The molecule has 0 spiro atoms. The molecule has 1 fully saturated rings. The fraction of sp³-hybridized carbons (Fsp3) is 0.240. The third-order valence-corrected chi connectivity index (χ3v) is 5.38. The summed E-state index contributed by atoms with van der Waals surface area (Å²) >= 11 is 0. The van der Waals surface area contributed by atoms with Crippen molar-refractivity contribution in [2.45, 2.75) is 25.9 Å². The second-order valence-corrected chi connectivity index (χ2v) is 7.68. The minimum absolute atomic E-state index is 0.103.